The average Bonchev–Trinajstić information content (AvgIpc) is 2.91. The molecule has 2 heterocycles. The van der Waals surface area contributed by atoms with Crippen molar-refractivity contribution in [3.05, 3.63) is 35.2 Å². The van der Waals surface area contributed by atoms with E-state index in [0.717, 1.165) is 16.3 Å². The Kier molecular flexibility index (Phi) is 3.51. The van der Waals surface area contributed by atoms with E-state index in [9.17, 15) is 14.4 Å². The maximum Gasteiger partial charge on any atom is 0.233 e. The molecule has 2 aliphatic rings. The molecule has 0 saturated carbocycles. The number of hydrogen-bond donors (Lipinski definition) is 0. The number of imide groups is 1. The smallest absolute Gasteiger partial charge is 0.233 e. The summed E-state index contributed by atoms with van der Waals surface area (Å²) in [5.41, 5.74) is 2.44. The minimum atomic E-state index is -0.274. The molecule has 2 amide bonds. The lowest BCUT2D eigenvalue weighted by Gasteiger charge is -2.14. The fraction of sp³-hybridized carbons (Fsp3) is 0.471. The third-order valence-electron chi connectivity index (χ3n) is 4.98. The molecule has 0 bridgehead atoms. The summed E-state index contributed by atoms with van der Waals surface area (Å²) in [4.78, 5) is 38.4. The molecule has 0 unspecified atom stereocenters. The number of aromatic nitrogens is 1. The van der Waals surface area contributed by atoms with Crippen molar-refractivity contribution in [1.29, 1.82) is 0 Å². The number of aryl methyl sites for hydroxylation is 1. The molecular weight excluding hydrogens is 280 g/mol. The van der Waals surface area contributed by atoms with Crippen LogP contribution < -0.4 is 0 Å². The molecule has 1 aliphatic heterocycles. The second kappa shape index (κ2) is 5.23. The fourth-order valence-electron chi connectivity index (χ4n) is 3.39. The van der Waals surface area contributed by atoms with Crippen LogP contribution in [-0.4, -0.2) is 33.6 Å². The number of hydrogen-bond acceptors (Lipinski definition) is 3. The van der Waals surface area contributed by atoms with Gasteiger partial charge in [0.15, 0.2) is 5.78 Å². The van der Waals surface area contributed by atoms with Crippen LogP contribution in [0.15, 0.2) is 18.2 Å². The molecule has 116 valence electrons. The van der Waals surface area contributed by atoms with Gasteiger partial charge in [-0.25, -0.2) is 0 Å². The van der Waals surface area contributed by atoms with Crippen LogP contribution in [-0.2, 0) is 16.6 Å². The molecule has 0 N–H and O–H groups in total. The van der Waals surface area contributed by atoms with Crippen LogP contribution in [0.2, 0.25) is 0 Å². The summed E-state index contributed by atoms with van der Waals surface area (Å²) in [6.07, 6.45) is 5.09. The number of carbonyl (C=O) groups excluding carboxylic acids is 3. The minimum Gasteiger partial charge on any atom is -0.351 e. The van der Waals surface area contributed by atoms with Gasteiger partial charge in [0.2, 0.25) is 11.8 Å². The van der Waals surface area contributed by atoms with Gasteiger partial charge in [0, 0.05) is 24.0 Å². The number of amides is 2. The van der Waals surface area contributed by atoms with Crippen molar-refractivity contribution < 1.29 is 14.4 Å². The molecule has 0 spiro atoms. The summed E-state index contributed by atoms with van der Waals surface area (Å²) in [5, 5.41) is 0. The number of allylic oxidation sites excluding steroid dienone is 2. The minimum absolute atomic E-state index is 0.144. The molecular formula is C17H20N2O3. The number of fused-ring (bicyclic) bond motifs is 1. The van der Waals surface area contributed by atoms with Crippen LogP contribution in [0.4, 0.5) is 0 Å². The molecule has 1 aromatic heterocycles. The van der Waals surface area contributed by atoms with Crippen LogP contribution in [0.3, 0.4) is 0 Å². The SMILES string of the molecule is Cc1cc(C(=O)CN2C(=O)[C@H]3CC=CC[C@@H]3C2=O)c(C)n1C. The van der Waals surface area contributed by atoms with Gasteiger partial charge in [0.05, 0.1) is 18.4 Å². The predicted molar refractivity (Wildman–Crippen MR) is 81.3 cm³/mol. The van der Waals surface area contributed by atoms with Crippen molar-refractivity contribution in [3.63, 3.8) is 0 Å². The Morgan fingerprint density at radius 2 is 1.68 bits per heavy atom. The summed E-state index contributed by atoms with van der Waals surface area (Å²) < 4.78 is 1.94. The number of Topliss-reactive ketones (excluding diaryl/α,β-unsaturated/α-hetero) is 1. The zero-order valence-electron chi connectivity index (χ0n) is 13.1. The molecule has 1 fully saturated rings. The van der Waals surface area contributed by atoms with Crippen molar-refractivity contribution in [2.24, 2.45) is 18.9 Å². The fourth-order valence-corrected chi connectivity index (χ4v) is 3.39. The lowest BCUT2D eigenvalue weighted by atomic mass is 9.85. The van der Waals surface area contributed by atoms with Crippen molar-refractivity contribution in [3.8, 4) is 0 Å². The summed E-state index contributed by atoms with van der Waals surface area (Å²) in [7, 11) is 1.90. The van der Waals surface area contributed by atoms with E-state index in [1.165, 1.54) is 0 Å². The molecule has 1 aromatic rings. The topological polar surface area (TPSA) is 59.4 Å². The van der Waals surface area contributed by atoms with E-state index in [4.69, 9.17) is 0 Å². The van der Waals surface area contributed by atoms with Crippen molar-refractivity contribution in [1.82, 2.24) is 9.47 Å². The van der Waals surface area contributed by atoms with E-state index in [1.807, 2.05) is 43.7 Å². The van der Waals surface area contributed by atoms with E-state index < -0.39 is 0 Å². The summed E-state index contributed by atoms with van der Waals surface area (Å²) in [6, 6.07) is 1.82. The number of rotatable bonds is 3. The summed E-state index contributed by atoms with van der Waals surface area (Å²) in [6.45, 7) is 3.66. The van der Waals surface area contributed by atoms with Gasteiger partial charge in [-0.2, -0.15) is 0 Å². The lowest BCUT2D eigenvalue weighted by Crippen LogP contribution is -2.36. The molecule has 0 radical (unpaired) electrons. The molecule has 5 heteroatoms. The number of ketones is 1. The first-order chi connectivity index (χ1) is 10.4. The standard InChI is InChI=1S/C17H20N2O3/c1-10-8-14(11(2)18(10)3)15(20)9-19-16(21)12-6-4-5-7-13(12)17(19)22/h4-5,8,12-13H,6-7,9H2,1-3H3/t12-,13-/m0/s1. The molecule has 0 aromatic carbocycles. The maximum absolute atomic E-state index is 12.5. The van der Waals surface area contributed by atoms with E-state index in [2.05, 4.69) is 0 Å². The van der Waals surface area contributed by atoms with Crippen LogP contribution in [0.1, 0.15) is 34.6 Å². The molecule has 5 nitrogen and oxygen atoms in total. The first-order valence-corrected chi connectivity index (χ1v) is 7.58. The Morgan fingerprint density at radius 1 is 1.14 bits per heavy atom. The van der Waals surface area contributed by atoms with Gasteiger partial charge in [-0.3, -0.25) is 19.3 Å². The summed E-state index contributed by atoms with van der Waals surface area (Å²) >= 11 is 0. The van der Waals surface area contributed by atoms with Gasteiger partial charge in [-0.05, 0) is 32.8 Å². The van der Waals surface area contributed by atoms with Crippen molar-refractivity contribution in [2.45, 2.75) is 26.7 Å². The molecule has 1 saturated heterocycles. The highest BCUT2D eigenvalue weighted by atomic mass is 16.2. The number of likely N-dealkylation sites (tertiary alicyclic amines) is 1. The highest BCUT2D eigenvalue weighted by Crippen LogP contribution is 2.35. The second-order valence-electron chi connectivity index (χ2n) is 6.19. The lowest BCUT2D eigenvalue weighted by molar-refractivity contribution is -0.139. The van der Waals surface area contributed by atoms with E-state index >= 15 is 0 Å². The van der Waals surface area contributed by atoms with E-state index in [1.54, 1.807) is 0 Å². The predicted octanol–water partition coefficient (Wildman–Crippen LogP) is 1.78. The number of carbonyl (C=O) groups is 3. The Balaban J connectivity index is 1.81. The average molecular weight is 300 g/mol. The Bertz CT molecular complexity index is 673. The van der Waals surface area contributed by atoms with Crippen LogP contribution in [0, 0.1) is 25.7 Å². The molecule has 3 rings (SSSR count). The Hall–Kier alpha value is -2.17. The normalized spacial score (nSPS) is 24.0. The first kappa shape index (κ1) is 14.8. The largest absolute Gasteiger partial charge is 0.351 e. The van der Waals surface area contributed by atoms with Gasteiger partial charge >= 0.3 is 0 Å². The monoisotopic (exact) mass is 300 g/mol. The summed E-state index contributed by atoms with van der Waals surface area (Å²) in [5.74, 6) is -1.11. The molecule has 1 aliphatic carbocycles. The van der Waals surface area contributed by atoms with E-state index in [-0.39, 0.29) is 36.0 Å². The molecule has 22 heavy (non-hydrogen) atoms. The highest BCUT2D eigenvalue weighted by Gasteiger charge is 2.47. The zero-order valence-corrected chi connectivity index (χ0v) is 13.1. The van der Waals surface area contributed by atoms with E-state index in [0.29, 0.717) is 18.4 Å². The second-order valence-corrected chi connectivity index (χ2v) is 6.19. The van der Waals surface area contributed by atoms with Gasteiger partial charge in [-0.15, -0.1) is 0 Å². The Morgan fingerprint density at radius 3 is 2.14 bits per heavy atom. The van der Waals surface area contributed by atoms with Crippen LogP contribution in [0.5, 0.6) is 0 Å². The highest BCUT2D eigenvalue weighted by molar-refractivity contribution is 6.10. The third-order valence-corrected chi connectivity index (χ3v) is 4.98. The zero-order chi connectivity index (χ0) is 16.0. The molecule has 2 atom stereocenters. The Labute approximate surface area is 129 Å². The number of nitrogens with zero attached hydrogens (tertiary/aromatic N) is 2. The van der Waals surface area contributed by atoms with Gasteiger partial charge < -0.3 is 4.57 Å². The van der Waals surface area contributed by atoms with Crippen molar-refractivity contribution in [2.75, 3.05) is 6.54 Å². The van der Waals surface area contributed by atoms with Gasteiger partial charge in [-0.1, -0.05) is 12.2 Å². The quantitative estimate of drug-likeness (QED) is 0.486. The van der Waals surface area contributed by atoms with Crippen LogP contribution in [0.25, 0.3) is 0 Å². The van der Waals surface area contributed by atoms with Crippen LogP contribution >= 0.6 is 0 Å². The third kappa shape index (κ3) is 2.12. The van der Waals surface area contributed by atoms with Gasteiger partial charge in [0.1, 0.15) is 0 Å². The van der Waals surface area contributed by atoms with Gasteiger partial charge in [0.25, 0.3) is 0 Å². The van der Waals surface area contributed by atoms with Crippen molar-refractivity contribution >= 4 is 17.6 Å². The first-order valence-electron chi connectivity index (χ1n) is 7.58. The maximum atomic E-state index is 12.5.